The minimum Gasteiger partial charge on any atom is -0.297 e. The van der Waals surface area contributed by atoms with E-state index in [9.17, 15) is 4.79 Å². The summed E-state index contributed by atoms with van der Waals surface area (Å²) in [5, 5.41) is 11.1. The average Bonchev–Trinajstić information content (AvgIpc) is 2.81. The summed E-state index contributed by atoms with van der Waals surface area (Å²) in [6.07, 6.45) is 3.17. The number of hydrogen-bond acceptors (Lipinski definition) is 3. The van der Waals surface area contributed by atoms with Gasteiger partial charge in [-0.15, -0.1) is 10.2 Å². The van der Waals surface area contributed by atoms with E-state index >= 15 is 0 Å². The molecule has 3 rings (SSSR count). The molecule has 20 heavy (non-hydrogen) atoms. The molecule has 1 aliphatic heterocycles. The first kappa shape index (κ1) is 13.3. The molecule has 0 atom stereocenters. The Balaban J connectivity index is 1.84. The molecule has 6 heteroatoms. The number of carbonyl (C=O) groups excluding carboxylic acids is 1. The van der Waals surface area contributed by atoms with E-state index < -0.39 is 0 Å². The van der Waals surface area contributed by atoms with Crippen LogP contribution in [0.5, 0.6) is 0 Å². The Morgan fingerprint density at radius 1 is 1.30 bits per heavy atom. The summed E-state index contributed by atoms with van der Waals surface area (Å²) >= 11 is 3.41. The van der Waals surface area contributed by atoms with Gasteiger partial charge in [-0.05, 0) is 43.5 Å². The zero-order valence-corrected chi connectivity index (χ0v) is 12.8. The number of hydrogen-bond donors (Lipinski definition) is 1. The largest absolute Gasteiger partial charge is 0.297 e. The zero-order valence-electron chi connectivity index (χ0n) is 11.2. The van der Waals surface area contributed by atoms with E-state index in [1.807, 2.05) is 23.6 Å². The van der Waals surface area contributed by atoms with Gasteiger partial charge in [0.15, 0.2) is 0 Å². The van der Waals surface area contributed by atoms with Gasteiger partial charge in [-0.2, -0.15) is 0 Å². The third-order valence-corrected chi connectivity index (χ3v) is 3.85. The normalized spacial score (nSPS) is 13.9. The molecule has 0 aliphatic carbocycles. The maximum atomic E-state index is 12.3. The van der Waals surface area contributed by atoms with Crippen LogP contribution in [0.1, 0.15) is 34.6 Å². The predicted octanol–water partition coefficient (Wildman–Crippen LogP) is 2.94. The molecular formula is C14H15BrN4O. The van der Waals surface area contributed by atoms with Crippen LogP contribution < -0.4 is 5.32 Å². The fourth-order valence-corrected chi connectivity index (χ4v) is 3.05. The van der Waals surface area contributed by atoms with E-state index in [0.717, 1.165) is 41.7 Å². The third kappa shape index (κ3) is 2.60. The smallest absolute Gasteiger partial charge is 0.258 e. The lowest BCUT2D eigenvalue weighted by Crippen LogP contribution is -2.18. The molecule has 0 spiro atoms. The highest BCUT2D eigenvalue weighted by atomic mass is 79.9. The first-order chi connectivity index (χ1) is 9.63. The summed E-state index contributed by atoms with van der Waals surface area (Å²) in [6.45, 7) is 2.83. The molecule has 0 fully saturated rings. The Labute approximate surface area is 125 Å². The minimum absolute atomic E-state index is 0.157. The van der Waals surface area contributed by atoms with Crippen molar-refractivity contribution in [2.45, 2.75) is 32.7 Å². The first-order valence-electron chi connectivity index (χ1n) is 6.64. The molecule has 0 bridgehead atoms. The number of aryl methyl sites for hydroxylation is 2. The summed E-state index contributed by atoms with van der Waals surface area (Å²) < 4.78 is 2.89. The van der Waals surface area contributed by atoms with E-state index in [0.29, 0.717) is 11.5 Å². The zero-order chi connectivity index (χ0) is 14.1. The van der Waals surface area contributed by atoms with Crippen molar-refractivity contribution >= 4 is 27.8 Å². The molecular weight excluding hydrogens is 320 g/mol. The van der Waals surface area contributed by atoms with Gasteiger partial charge in [0.25, 0.3) is 5.91 Å². The van der Waals surface area contributed by atoms with Crippen LogP contribution in [0.2, 0.25) is 0 Å². The fourth-order valence-electron chi connectivity index (χ4n) is 2.44. The molecule has 1 aromatic heterocycles. The number of benzene rings is 1. The molecule has 0 unspecified atom stereocenters. The maximum absolute atomic E-state index is 12.3. The second kappa shape index (κ2) is 5.36. The van der Waals surface area contributed by atoms with Crippen LogP contribution in [-0.4, -0.2) is 20.7 Å². The van der Waals surface area contributed by atoms with E-state index in [1.54, 1.807) is 6.07 Å². The Morgan fingerprint density at radius 3 is 2.95 bits per heavy atom. The Morgan fingerprint density at radius 2 is 2.15 bits per heavy atom. The number of anilines is 1. The van der Waals surface area contributed by atoms with Crippen molar-refractivity contribution in [3.8, 4) is 0 Å². The predicted molar refractivity (Wildman–Crippen MR) is 79.8 cm³/mol. The summed E-state index contributed by atoms with van der Waals surface area (Å²) in [7, 11) is 0. The molecule has 1 aromatic carbocycles. The van der Waals surface area contributed by atoms with Crippen molar-refractivity contribution < 1.29 is 4.79 Å². The third-order valence-electron chi connectivity index (χ3n) is 3.39. The van der Waals surface area contributed by atoms with Crippen LogP contribution in [0.4, 0.5) is 5.95 Å². The van der Waals surface area contributed by atoms with Gasteiger partial charge < -0.3 is 0 Å². The standard InChI is InChI=1S/C14H15BrN4O/c1-9-6-10(8-11(15)7-9)13(20)16-14-18-17-12-4-2-3-5-19(12)14/h6-8H,2-5H2,1H3,(H,16,18,20). The molecule has 1 amide bonds. The lowest BCUT2D eigenvalue weighted by atomic mass is 10.1. The molecule has 104 valence electrons. The second-order valence-electron chi connectivity index (χ2n) is 5.02. The van der Waals surface area contributed by atoms with Crippen molar-refractivity contribution in [1.29, 1.82) is 0 Å². The number of carbonyl (C=O) groups is 1. The lowest BCUT2D eigenvalue weighted by molar-refractivity contribution is 0.102. The van der Waals surface area contributed by atoms with Crippen LogP contribution in [0, 0.1) is 6.92 Å². The highest BCUT2D eigenvalue weighted by Gasteiger charge is 2.18. The number of halogens is 1. The summed E-state index contributed by atoms with van der Waals surface area (Å²) in [5.41, 5.74) is 1.65. The van der Waals surface area contributed by atoms with Gasteiger partial charge >= 0.3 is 0 Å². The molecule has 0 saturated carbocycles. The van der Waals surface area contributed by atoms with Crippen molar-refractivity contribution in [3.05, 3.63) is 39.6 Å². The highest BCUT2D eigenvalue weighted by Crippen LogP contribution is 2.19. The van der Waals surface area contributed by atoms with E-state index in [2.05, 4.69) is 31.4 Å². The average molecular weight is 335 g/mol. The first-order valence-corrected chi connectivity index (χ1v) is 7.43. The maximum Gasteiger partial charge on any atom is 0.258 e. The van der Waals surface area contributed by atoms with Gasteiger partial charge in [-0.3, -0.25) is 14.7 Å². The van der Waals surface area contributed by atoms with Gasteiger partial charge in [0, 0.05) is 23.0 Å². The summed E-state index contributed by atoms with van der Waals surface area (Å²) in [5.74, 6) is 1.34. The molecule has 0 saturated heterocycles. The SMILES string of the molecule is Cc1cc(Br)cc(C(=O)Nc2nnc3n2CCCC3)c1. The van der Waals surface area contributed by atoms with E-state index in [4.69, 9.17) is 0 Å². The van der Waals surface area contributed by atoms with Crippen LogP contribution in [0.15, 0.2) is 22.7 Å². The summed E-state index contributed by atoms with van der Waals surface area (Å²) in [6, 6.07) is 5.62. The number of nitrogens with one attached hydrogen (secondary N) is 1. The second-order valence-corrected chi connectivity index (χ2v) is 5.94. The quantitative estimate of drug-likeness (QED) is 0.918. The van der Waals surface area contributed by atoms with Crippen molar-refractivity contribution in [2.24, 2.45) is 0 Å². The molecule has 1 N–H and O–H groups in total. The number of rotatable bonds is 2. The minimum atomic E-state index is -0.157. The lowest BCUT2D eigenvalue weighted by Gasteiger charge is -2.14. The molecule has 2 aromatic rings. The van der Waals surface area contributed by atoms with Crippen molar-refractivity contribution in [1.82, 2.24) is 14.8 Å². The van der Waals surface area contributed by atoms with Crippen molar-refractivity contribution in [2.75, 3.05) is 5.32 Å². The topological polar surface area (TPSA) is 59.8 Å². The molecule has 5 nitrogen and oxygen atoms in total. The molecule has 2 heterocycles. The Bertz CT molecular complexity index is 645. The van der Waals surface area contributed by atoms with E-state index in [-0.39, 0.29) is 5.91 Å². The van der Waals surface area contributed by atoms with Gasteiger partial charge in [0.1, 0.15) is 5.82 Å². The highest BCUT2D eigenvalue weighted by molar-refractivity contribution is 9.10. The number of nitrogens with zero attached hydrogens (tertiary/aromatic N) is 3. The van der Waals surface area contributed by atoms with Crippen LogP contribution in [0.25, 0.3) is 0 Å². The monoisotopic (exact) mass is 334 g/mol. The Hall–Kier alpha value is -1.69. The summed E-state index contributed by atoms with van der Waals surface area (Å²) in [4.78, 5) is 12.3. The van der Waals surface area contributed by atoms with Gasteiger partial charge in [-0.25, -0.2) is 0 Å². The van der Waals surface area contributed by atoms with Crippen LogP contribution >= 0.6 is 15.9 Å². The van der Waals surface area contributed by atoms with Gasteiger partial charge in [0.05, 0.1) is 0 Å². The van der Waals surface area contributed by atoms with Crippen LogP contribution in [0.3, 0.4) is 0 Å². The van der Waals surface area contributed by atoms with Gasteiger partial charge in [0.2, 0.25) is 5.95 Å². The van der Waals surface area contributed by atoms with Crippen LogP contribution in [-0.2, 0) is 13.0 Å². The Kier molecular flexibility index (Phi) is 3.56. The van der Waals surface area contributed by atoms with E-state index in [1.165, 1.54) is 0 Å². The fraction of sp³-hybridized carbons (Fsp3) is 0.357. The number of aromatic nitrogens is 3. The number of fused-ring (bicyclic) bond motifs is 1. The molecule has 1 aliphatic rings. The van der Waals surface area contributed by atoms with Crippen molar-refractivity contribution in [3.63, 3.8) is 0 Å². The van der Waals surface area contributed by atoms with Gasteiger partial charge in [-0.1, -0.05) is 15.9 Å². The number of amides is 1. The molecule has 0 radical (unpaired) electrons.